The van der Waals surface area contributed by atoms with Gasteiger partial charge in [-0.05, 0) is 26.0 Å². The van der Waals surface area contributed by atoms with E-state index in [4.69, 9.17) is 16.3 Å². The molecule has 0 aliphatic heterocycles. The summed E-state index contributed by atoms with van der Waals surface area (Å²) >= 11 is 5.84. The van der Waals surface area contributed by atoms with E-state index in [-0.39, 0.29) is 16.8 Å². The summed E-state index contributed by atoms with van der Waals surface area (Å²) in [6.45, 7) is 4.97. The predicted octanol–water partition coefficient (Wildman–Crippen LogP) is 2.29. The van der Waals surface area contributed by atoms with Gasteiger partial charge >= 0.3 is 5.97 Å². The van der Waals surface area contributed by atoms with Crippen LogP contribution in [0.3, 0.4) is 0 Å². The minimum Gasteiger partial charge on any atom is -0.478 e. The minimum absolute atomic E-state index is 0.101. The molecule has 0 fully saturated rings. The number of halogens is 1. The molecule has 0 aromatic carbocycles. The molecule has 0 spiro atoms. The van der Waals surface area contributed by atoms with Crippen LogP contribution in [0.1, 0.15) is 24.2 Å². The second-order valence-corrected chi connectivity index (χ2v) is 4.48. The van der Waals surface area contributed by atoms with E-state index in [1.54, 1.807) is 7.11 Å². The Hall–Kier alpha value is -1.33. The van der Waals surface area contributed by atoms with Gasteiger partial charge in [0.1, 0.15) is 16.5 Å². The average molecular weight is 273 g/mol. The maximum Gasteiger partial charge on any atom is 0.339 e. The Morgan fingerprint density at radius 2 is 2.22 bits per heavy atom. The highest BCUT2D eigenvalue weighted by Gasteiger charge is 2.20. The third kappa shape index (κ3) is 3.58. The quantitative estimate of drug-likeness (QED) is 0.805. The highest BCUT2D eigenvalue weighted by Crippen LogP contribution is 2.22. The lowest BCUT2D eigenvalue weighted by atomic mass is 10.2. The van der Waals surface area contributed by atoms with Gasteiger partial charge in [0.05, 0.1) is 6.61 Å². The van der Waals surface area contributed by atoms with E-state index in [9.17, 15) is 9.90 Å². The first kappa shape index (κ1) is 14.7. The number of hydrogen-bond acceptors (Lipinski definition) is 4. The first-order chi connectivity index (χ1) is 8.47. The van der Waals surface area contributed by atoms with E-state index in [1.165, 1.54) is 12.1 Å². The van der Waals surface area contributed by atoms with Crippen LogP contribution < -0.4 is 4.90 Å². The molecule has 1 N–H and O–H groups in total. The van der Waals surface area contributed by atoms with Crippen molar-refractivity contribution in [3.05, 3.63) is 22.8 Å². The molecule has 0 amide bonds. The van der Waals surface area contributed by atoms with Gasteiger partial charge in [-0.1, -0.05) is 11.6 Å². The first-order valence-electron chi connectivity index (χ1n) is 5.62. The van der Waals surface area contributed by atoms with E-state index in [0.717, 1.165) is 0 Å². The van der Waals surface area contributed by atoms with E-state index < -0.39 is 5.97 Å². The molecule has 1 rings (SSSR count). The lowest BCUT2D eigenvalue weighted by Crippen LogP contribution is -2.35. The lowest BCUT2D eigenvalue weighted by Gasteiger charge is -2.28. The molecule has 5 nitrogen and oxygen atoms in total. The molecule has 0 radical (unpaired) electrons. The fourth-order valence-electron chi connectivity index (χ4n) is 1.61. The Morgan fingerprint density at radius 3 is 2.72 bits per heavy atom. The van der Waals surface area contributed by atoms with Gasteiger partial charge < -0.3 is 14.7 Å². The van der Waals surface area contributed by atoms with Crippen LogP contribution in [0.2, 0.25) is 5.15 Å². The van der Waals surface area contributed by atoms with Crippen molar-refractivity contribution >= 4 is 23.4 Å². The number of ether oxygens (including phenoxy) is 1. The number of carboxylic acid groups (broad SMARTS) is 1. The van der Waals surface area contributed by atoms with Crippen LogP contribution in [0.25, 0.3) is 0 Å². The lowest BCUT2D eigenvalue weighted by molar-refractivity contribution is 0.0697. The maximum absolute atomic E-state index is 11.2. The molecular formula is C12H17ClN2O3. The van der Waals surface area contributed by atoms with Crippen molar-refractivity contribution in [3.63, 3.8) is 0 Å². The number of aromatic carboxylic acids is 1. The number of carbonyl (C=O) groups is 1. The molecule has 0 atom stereocenters. The number of anilines is 1. The van der Waals surface area contributed by atoms with Gasteiger partial charge in [0.2, 0.25) is 0 Å². The molecule has 0 bridgehead atoms. The second-order valence-electron chi connectivity index (χ2n) is 4.09. The summed E-state index contributed by atoms with van der Waals surface area (Å²) in [7, 11) is 1.60. The summed E-state index contributed by atoms with van der Waals surface area (Å²) in [5, 5.41) is 9.45. The Kier molecular flexibility index (Phi) is 5.37. The molecule has 100 valence electrons. The highest BCUT2D eigenvalue weighted by molar-refractivity contribution is 6.29. The summed E-state index contributed by atoms with van der Waals surface area (Å²) in [4.78, 5) is 17.2. The van der Waals surface area contributed by atoms with Crippen molar-refractivity contribution in [1.29, 1.82) is 0 Å². The zero-order valence-corrected chi connectivity index (χ0v) is 11.4. The monoisotopic (exact) mass is 272 g/mol. The average Bonchev–Trinajstić information content (AvgIpc) is 2.28. The van der Waals surface area contributed by atoms with Crippen LogP contribution in [-0.4, -0.2) is 42.4 Å². The smallest absolute Gasteiger partial charge is 0.339 e. The van der Waals surface area contributed by atoms with Crippen LogP contribution in [-0.2, 0) is 4.74 Å². The Labute approximate surface area is 111 Å². The summed E-state index contributed by atoms with van der Waals surface area (Å²) in [5.74, 6) is -0.640. The third-order valence-corrected chi connectivity index (χ3v) is 2.71. The van der Waals surface area contributed by atoms with Crippen LogP contribution in [0.5, 0.6) is 0 Å². The number of nitrogens with zero attached hydrogens (tertiary/aromatic N) is 2. The molecule has 18 heavy (non-hydrogen) atoms. The van der Waals surface area contributed by atoms with Gasteiger partial charge in [0.15, 0.2) is 0 Å². The number of rotatable bonds is 6. The van der Waals surface area contributed by atoms with E-state index in [0.29, 0.717) is 19.0 Å². The number of aromatic nitrogens is 1. The molecule has 0 saturated heterocycles. The summed E-state index contributed by atoms with van der Waals surface area (Å²) in [6, 6.07) is 3.04. The zero-order chi connectivity index (χ0) is 13.7. The Balaban J connectivity index is 3.16. The highest BCUT2D eigenvalue weighted by atomic mass is 35.5. The van der Waals surface area contributed by atoms with Gasteiger partial charge in [-0.2, -0.15) is 0 Å². The van der Waals surface area contributed by atoms with Crippen LogP contribution in [0, 0.1) is 0 Å². The molecule has 0 saturated carbocycles. The summed E-state index contributed by atoms with van der Waals surface area (Å²) < 4.78 is 5.02. The summed E-state index contributed by atoms with van der Waals surface area (Å²) in [5.41, 5.74) is 0.143. The fourth-order valence-corrected chi connectivity index (χ4v) is 1.75. The molecule has 0 aliphatic rings. The topological polar surface area (TPSA) is 62.7 Å². The number of pyridine rings is 1. The SMILES string of the molecule is COCCN(c1nc(Cl)ccc1C(=O)O)C(C)C. The normalized spacial score (nSPS) is 10.7. The minimum atomic E-state index is -1.02. The standard InChI is InChI=1S/C12H17ClN2O3/c1-8(2)15(6-7-18-3)11-9(12(16)17)4-5-10(13)14-11/h4-5,8H,6-7H2,1-3H3,(H,16,17). The van der Waals surface area contributed by atoms with Crippen LogP contribution in [0.4, 0.5) is 5.82 Å². The Morgan fingerprint density at radius 1 is 1.56 bits per heavy atom. The van der Waals surface area contributed by atoms with Crippen molar-refractivity contribution in [2.75, 3.05) is 25.2 Å². The van der Waals surface area contributed by atoms with Gasteiger partial charge in [-0.3, -0.25) is 0 Å². The molecule has 1 aromatic heterocycles. The largest absolute Gasteiger partial charge is 0.478 e. The van der Waals surface area contributed by atoms with Gasteiger partial charge in [0.25, 0.3) is 0 Å². The first-order valence-corrected chi connectivity index (χ1v) is 6.00. The van der Waals surface area contributed by atoms with E-state index >= 15 is 0 Å². The van der Waals surface area contributed by atoms with Crippen molar-refractivity contribution in [1.82, 2.24) is 4.98 Å². The summed E-state index contributed by atoms with van der Waals surface area (Å²) in [6.07, 6.45) is 0. The van der Waals surface area contributed by atoms with Crippen LogP contribution in [0.15, 0.2) is 12.1 Å². The van der Waals surface area contributed by atoms with Crippen molar-refractivity contribution in [3.8, 4) is 0 Å². The van der Waals surface area contributed by atoms with Crippen molar-refractivity contribution < 1.29 is 14.6 Å². The van der Waals surface area contributed by atoms with Gasteiger partial charge in [-0.15, -0.1) is 0 Å². The van der Waals surface area contributed by atoms with Gasteiger partial charge in [-0.25, -0.2) is 9.78 Å². The number of hydrogen-bond donors (Lipinski definition) is 1. The zero-order valence-electron chi connectivity index (χ0n) is 10.7. The predicted molar refractivity (Wildman–Crippen MR) is 70.6 cm³/mol. The number of methoxy groups -OCH3 is 1. The van der Waals surface area contributed by atoms with Crippen molar-refractivity contribution in [2.24, 2.45) is 0 Å². The van der Waals surface area contributed by atoms with Crippen LogP contribution >= 0.6 is 11.6 Å². The Bertz CT molecular complexity index is 424. The van der Waals surface area contributed by atoms with E-state index in [1.807, 2.05) is 18.7 Å². The fraction of sp³-hybridized carbons (Fsp3) is 0.500. The van der Waals surface area contributed by atoms with Gasteiger partial charge in [0, 0.05) is 19.7 Å². The second kappa shape index (κ2) is 6.56. The molecular weight excluding hydrogens is 256 g/mol. The van der Waals surface area contributed by atoms with Crippen molar-refractivity contribution in [2.45, 2.75) is 19.9 Å². The molecule has 0 unspecified atom stereocenters. The molecule has 0 aliphatic carbocycles. The number of carboxylic acids is 1. The van der Waals surface area contributed by atoms with E-state index in [2.05, 4.69) is 4.98 Å². The maximum atomic E-state index is 11.2. The molecule has 6 heteroatoms. The molecule has 1 heterocycles. The molecule has 1 aromatic rings. The third-order valence-electron chi connectivity index (χ3n) is 2.50.